The maximum atomic E-state index is 13.5. The number of aromatic nitrogens is 2. The topological polar surface area (TPSA) is 123 Å². The van der Waals surface area contributed by atoms with Crippen molar-refractivity contribution in [2.45, 2.75) is 38.5 Å². The number of benzene rings is 2. The van der Waals surface area contributed by atoms with E-state index in [-0.39, 0.29) is 43.5 Å². The maximum absolute atomic E-state index is 13.5. The Morgan fingerprint density at radius 3 is 2.80 bits per heavy atom. The van der Waals surface area contributed by atoms with E-state index in [4.69, 9.17) is 14.2 Å². The Balaban J connectivity index is 1.45. The van der Waals surface area contributed by atoms with Crippen LogP contribution in [0, 0.1) is 0 Å². The third-order valence-corrected chi connectivity index (χ3v) is 7.14. The van der Waals surface area contributed by atoms with E-state index in [1.165, 1.54) is 24.4 Å². The molecule has 0 aliphatic carbocycles. The van der Waals surface area contributed by atoms with Crippen LogP contribution < -0.4 is 14.8 Å². The molecule has 0 saturated carbocycles. The summed E-state index contributed by atoms with van der Waals surface area (Å²) in [6.45, 7) is 3.20. The fraction of sp³-hybridized carbons (Fsp3) is 0.367. The second-order valence-corrected chi connectivity index (χ2v) is 10.0. The Labute approximate surface area is 238 Å². The highest BCUT2D eigenvalue weighted by molar-refractivity contribution is 5.97. The zero-order valence-corrected chi connectivity index (χ0v) is 23.1. The van der Waals surface area contributed by atoms with Gasteiger partial charge in [0.2, 0.25) is 5.91 Å². The smallest absolute Gasteiger partial charge is 0.255 e. The average Bonchev–Trinajstić information content (AvgIpc) is 3.00. The number of methoxy groups -OCH3 is 1. The molecule has 2 atom stereocenters. The summed E-state index contributed by atoms with van der Waals surface area (Å²) < 4.78 is 18.0. The van der Waals surface area contributed by atoms with Gasteiger partial charge in [0, 0.05) is 25.2 Å². The number of piperidine rings is 1. The van der Waals surface area contributed by atoms with Gasteiger partial charge in [0.25, 0.3) is 11.8 Å². The fourth-order valence-corrected chi connectivity index (χ4v) is 5.08. The van der Waals surface area contributed by atoms with Crippen LogP contribution in [0.4, 0.5) is 0 Å². The zero-order chi connectivity index (χ0) is 28.8. The van der Waals surface area contributed by atoms with E-state index in [1.807, 2.05) is 31.2 Å². The molecule has 2 aliphatic rings. The lowest BCUT2D eigenvalue weighted by atomic mass is 10.0. The number of rotatable bonds is 4. The Hall–Kier alpha value is -4.51. The van der Waals surface area contributed by atoms with Gasteiger partial charge >= 0.3 is 0 Å². The summed E-state index contributed by atoms with van der Waals surface area (Å²) in [6, 6.07) is 13.7. The van der Waals surface area contributed by atoms with E-state index in [0.29, 0.717) is 54.3 Å². The molecule has 4 bridgehead atoms. The number of ether oxygens (including phenoxy) is 3. The molecule has 1 saturated heterocycles. The monoisotopic (exact) mass is 559 g/mol. The Morgan fingerprint density at radius 1 is 1.15 bits per heavy atom. The van der Waals surface area contributed by atoms with Gasteiger partial charge in [-0.15, -0.1) is 0 Å². The van der Waals surface area contributed by atoms with Gasteiger partial charge in [-0.1, -0.05) is 19.1 Å². The molecular weight excluding hydrogens is 526 g/mol. The van der Waals surface area contributed by atoms with Crippen molar-refractivity contribution in [2.24, 2.45) is 0 Å². The molecule has 1 fully saturated rings. The molecule has 3 heterocycles. The first-order valence-corrected chi connectivity index (χ1v) is 13.7. The first-order valence-electron chi connectivity index (χ1n) is 13.7. The standard InChI is InChI=1S/C30H33N5O6/c1-3-12-34-18-28(36)33-24-10-13-35(30(38)22-9-11-31-32-16-22)17-27(24)40-19-20-5-4-6-23(14-20)41-26-15-21(29(34)37)7-8-25(26)39-2/h4-9,11,14-16,24,27H,3,10,12-13,17-19H2,1-2H3,(H,33,36)/t24-,27-/m0/s1. The lowest BCUT2D eigenvalue weighted by Gasteiger charge is -2.39. The van der Waals surface area contributed by atoms with Gasteiger partial charge in [0.15, 0.2) is 11.5 Å². The van der Waals surface area contributed by atoms with Crippen molar-refractivity contribution in [3.63, 3.8) is 0 Å². The molecule has 2 aromatic carbocycles. The Kier molecular flexibility index (Phi) is 8.73. The minimum absolute atomic E-state index is 0.109. The highest BCUT2D eigenvalue weighted by atomic mass is 16.5. The van der Waals surface area contributed by atoms with Crippen LogP contribution in [0.5, 0.6) is 17.2 Å². The molecule has 3 amide bonds. The van der Waals surface area contributed by atoms with Crippen molar-refractivity contribution in [1.82, 2.24) is 25.3 Å². The van der Waals surface area contributed by atoms with E-state index < -0.39 is 6.10 Å². The van der Waals surface area contributed by atoms with Gasteiger partial charge in [-0.25, -0.2) is 0 Å². The maximum Gasteiger partial charge on any atom is 0.255 e. The molecule has 2 aliphatic heterocycles. The normalized spacial score (nSPS) is 19.6. The highest BCUT2D eigenvalue weighted by Gasteiger charge is 2.34. The van der Waals surface area contributed by atoms with E-state index in [2.05, 4.69) is 15.5 Å². The number of carbonyl (C=O) groups is 3. The van der Waals surface area contributed by atoms with Crippen molar-refractivity contribution >= 4 is 17.7 Å². The molecule has 0 spiro atoms. The fourth-order valence-electron chi connectivity index (χ4n) is 5.08. The predicted octanol–water partition coefficient (Wildman–Crippen LogP) is 3.06. The molecule has 0 radical (unpaired) electrons. The first-order chi connectivity index (χ1) is 19.9. The number of carbonyl (C=O) groups excluding carboxylic acids is 3. The summed E-state index contributed by atoms with van der Waals surface area (Å²) in [5, 5.41) is 10.6. The predicted molar refractivity (Wildman–Crippen MR) is 149 cm³/mol. The van der Waals surface area contributed by atoms with Crippen molar-refractivity contribution in [1.29, 1.82) is 0 Å². The van der Waals surface area contributed by atoms with Crippen LogP contribution in [-0.2, 0) is 16.1 Å². The minimum Gasteiger partial charge on any atom is -0.493 e. The number of likely N-dealkylation sites (tertiary alicyclic amines) is 1. The largest absolute Gasteiger partial charge is 0.493 e. The second-order valence-electron chi connectivity index (χ2n) is 10.0. The van der Waals surface area contributed by atoms with Gasteiger partial charge in [0.1, 0.15) is 5.75 Å². The van der Waals surface area contributed by atoms with E-state index in [9.17, 15) is 14.4 Å². The lowest BCUT2D eigenvalue weighted by Crippen LogP contribution is -2.57. The summed E-state index contributed by atoms with van der Waals surface area (Å²) in [5.41, 5.74) is 1.68. The van der Waals surface area contributed by atoms with Crippen LogP contribution in [0.1, 0.15) is 46.0 Å². The molecule has 11 nitrogen and oxygen atoms in total. The number of nitrogens with one attached hydrogen (secondary N) is 1. The first kappa shape index (κ1) is 28.0. The van der Waals surface area contributed by atoms with E-state index in [1.54, 1.807) is 29.2 Å². The SMILES string of the molecule is CCCN1CC(=O)N[C@H]2CCN(C(=O)c3ccnnc3)C[C@@H]2OCc2cccc(c2)Oc2cc(ccc2OC)C1=O. The molecule has 11 heteroatoms. The van der Waals surface area contributed by atoms with Crippen molar-refractivity contribution in [2.75, 3.05) is 33.3 Å². The van der Waals surface area contributed by atoms with Crippen LogP contribution in [-0.4, -0.2) is 83.2 Å². The summed E-state index contributed by atoms with van der Waals surface area (Å²) in [5.74, 6) is 0.671. The molecule has 0 unspecified atom stereocenters. The average molecular weight is 560 g/mol. The molecule has 1 aromatic heterocycles. The molecule has 214 valence electrons. The van der Waals surface area contributed by atoms with Crippen LogP contribution >= 0.6 is 0 Å². The molecule has 1 N–H and O–H groups in total. The second kappa shape index (κ2) is 12.8. The Bertz CT molecular complexity index is 1400. The summed E-state index contributed by atoms with van der Waals surface area (Å²) in [7, 11) is 1.54. The number of nitrogens with zero attached hydrogens (tertiary/aromatic N) is 4. The van der Waals surface area contributed by atoms with Crippen LogP contribution in [0.2, 0.25) is 0 Å². The molecule has 41 heavy (non-hydrogen) atoms. The molecular formula is C30H33N5O6. The summed E-state index contributed by atoms with van der Waals surface area (Å²) in [6.07, 6.45) is 3.61. The van der Waals surface area contributed by atoms with Crippen molar-refractivity contribution in [3.05, 3.63) is 77.6 Å². The third kappa shape index (κ3) is 6.63. The number of fused-ring (bicyclic) bond motifs is 5. The van der Waals surface area contributed by atoms with Gasteiger partial charge < -0.3 is 29.3 Å². The summed E-state index contributed by atoms with van der Waals surface area (Å²) in [4.78, 5) is 43.2. The van der Waals surface area contributed by atoms with Crippen LogP contribution in [0.15, 0.2) is 60.9 Å². The molecule has 5 rings (SSSR count). The van der Waals surface area contributed by atoms with Gasteiger partial charge in [-0.05, 0) is 54.8 Å². The van der Waals surface area contributed by atoms with E-state index >= 15 is 0 Å². The highest BCUT2D eigenvalue weighted by Crippen LogP contribution is 2.33. The van der Waals surface area contributed by atoms with Crippen LogP contribution in [0.25, 0.3) is 0 Å². The summed E-state index contributed by atoms with van der Waals surface area (Å²) >= 11 is 0. The van der Waals surface area contributed by atoms with Crippen molar-refractivity contribution < 1.29 is 28.6 Å². The Morgan fingerprint density at radius 2 is 2.02 bits per heavy atom. The third-order valence-electron chi connectivity index (χ3n) is 7.14. The quantitative estimate of drug-likeness (QED) is 0.518. The number of hydrogen-bond acceptors (Lipinski definition) is 8. The minimum atomic E-state index is -0.480. The number of hydrogen-bond donors (Lipinski definition) is 1. The van der Waals surface area contributed by atoms with Gasteiger partial charge in [-0.2, -0.15) is 10.2 Å². The molecule has 3 aromatic rings. The zero-order valence-electron chi connectivity index (χ0n) is 23.1. The van der Waals surface area contributed by atoms with Gasteiger partial charge in [-0.3, -0.25) is 14.4 Å². The lowest BCUT2D eigenvalue weighted by molar-refractivity contribution is -0.124. The van der Waals surface area contributed by atoms with E-state index in [0.717, 1.165) is 5.56 Å². The van der Waals surface area contributed by atoms with Crippen molar-refractivity contribution in [3.8, 4) is 17.2 Å². The van der Waals surface area contributed by atoms with Gasteiger partial charge in [0.05, 0.1) is 50.4 Å². The van der Waals surface area contributed by atoms with Crippen LogP contribution in [0.3, 0.4) is 0 Å². The number of amides is 3.